The molecule has 0 aromatic heterocycles. The van der Waals surface area contributed by atoms with Gasteiger partial charge in [-0.15, -0.1) is 0 Å². The first-order chi connectivity index (χ1) is 15.4. The van der Waals surface area contributed by atoms with Crippen molar-refractivity contribution in [3.05, 3.63) is 89.5 Å². The van der Waals surface area contributed by atoms with Gasteiger partial charge in [-0.3, -0.25) is 4.79 Å². The molecule has 32 heavy (non-hydrogen) atoms. The van der Waals surface area contributed by atoms with E-state index in [0.717, 1.165) is 41.3 Å². The van der Waals surface area contributed by atoms with Crippen LogP contribution in [0.5, 0.6) is 0 Å². The molecular formula is C27H30N2O3. The maximum Gasteiger partial charge on any atom is 0.318 e. The van der Waals surface area contributed by atoms with Crippen LogP contribution < -0.4 is 9.80 Å². The number of carbonyl (C=O) groups is 1. The second kappa shape index (κ2) is 9.05. The number of hydrogen-bond acceptors (Lipinski definition) is 4. The molecule has 5 nitrogen and oxygen atoms in total. The fourth-order valence-corrected chi connectivity index (χ4v) is 4.32. The molecule has 1 atom stereocenters. The Balaban J connectivity index is 1.74. The van der Waals surface area contributed by atoms with Gasteiger partial charge in [-0.05, 0) is 55.3 Å². The molecule has 0 amide bonds. The third kappa shape index (κ3) is 4.08. The number of nitrogens with zero attached hydrogens (tertiary/aromatic N) is 2. The molecule has 1 heterocycles. The van der Waals surface area contributed by atoms with Crippen LogP contribution in [0.1, 0.15) is 23.6 Å². The minimum absolute atomic E-state index is 0.716. The van der Waals surface area contributed by atoms with Crippen molar-refractivity contribution in [2.45, 2.75) is 19.3 Å². The number of benzene rings is 3. The van der Waals surface area contributed by atoms with Crippen molar-refractivity contribution >= 4 is 23.0 Å². The molecule has 1 saturated heterocycles. The smallest absolute Gasteiger partial charge is 0.318 e. The molecule has 0 aliphatic carbocycles. The van der Waals surface area contributed by atoms with E-state index in [2.05, 4.69) is 41.0 Å². The normalized spacial score (nSPS) is 15.8. The van der Waals surface area contributed by atoms with Gasteiger partial charge < -0.3 is 19.6 Å². The second-order valence-electron chi connectivity index (χ2n) is 8.49. The van der Waals surface area contributed by atoms with Crippen LogP contribution >= 0.6 is 0 Å². The summed E-state index contributed by atoms with van der Waals surface area (Å²) in [5, 5.41) is 10.4. The molecule has 0 radical (unpaired) electrons. The van der Waals surface area contributed by atoms with E-state index in [1.807, 2.05) is 55.6 Å². The van der Waals surface area contributed by atoms with Crippen LogP contribution in [0.3, 0.4) is 0 Å². The quantitative estimate of drug-likeness (QED) is 0.597. The van der Waals surface area contributed by atoms with E-state index < -0.39 is 11.4 Å². The Bertz CT molecular complexity index is 1070. The van der Waals surface area contributed by atoms with Gasteiger partial charge in [-0.2, -0.15) is 0 Å². The number of carboxylic acid groups (broad SMARTS) is 1. The summed E-state index contributed by atoms with van der Waals surface area (Å²) in [4.78, 5) is 17.0. The number of ether oxygens (including phenoxy) is 1. The molecule has 4 rings (SSSR count). The number of morpholine rings is 1. The zero-order valence-corrected chi connectivity index (χ0v) is 18.9. The van der Waals surface area contributed by atoms with Crippen LogP contribution in [-0.2, 0) is 14.9 Å². The molecule has 3 aromatic rings. The Morgan fingerprint density at radius 2 is 1.59 bits per heavy atom. The molecule has 1 unspecified atom stereocenters. The third-order valence-electron chi connectivity index (χ3n) is 6.47. The molecule has 0 bridgehead atoms. The molecule has 0 saturated carbocycles. The van der Waals surface area contributed by atoms with Gasteiger partial charge in [0.2, 0.25) is 0 Å². The number of carboxylic acids is 1. The number of anilines is 3. The number of aliphatic carboxylic acids is 1. The van der Waals surface area contributed by atoms with Crippen molar-refractivity contribution in [3.8, 4) is 0 Å². The van der Waals surface area contributed by atoms with Crippen molar-refractivity contribution in [1.29, 1.82) is 0 Å². The van der Waals surface area contributed by atoms with E-state index in [9.17, 15) is 9.90 Å². The summed E-state index contributed by atoms with van der Waals surface area (Å²) >= 11 is 0. The number of hydrogen-bond donors (Lipinski definition) is 1. The molecule has 166 valence electrons. The first-order valence-corrected chi connectivity index (χ1v) is 11.0. The molecule has 5 heteroatoms. The standard InChI is InChI=1S/C27H30N2O3/c1-20-8-12-22(13-9-20)28(3)25-7-5-4-6-24(25)27(2,26(30)31)21-10-14-23(15-11-21)29-16-18-32-19-17-29/h4-15H,16-19H2,1-3H3,(H,30,31). The summed E-state index contributed by atoms with van der Waals surface area (Å²) in [6.45, 7) is 6.97. The Hall–Kier alpha value is -3.31. The van der Waals surface area contributed by atoms with E-state index >= 15 is 0 Å². The molecule has 3 aromatic carbocycles. The summed E-state index contributed by atoms with van der Waals surface area (Å²) in [6.07, 6.45) is 0. The molecule has 1 aliphatic heterocycles. The lowest BCUT2D eigenvalue weighted by molar-refractivity contribution is -0.141. The lowest BCUT2D eigenvalue weighted by Crippen LogP contribution is -2.37. The van der Waals surface area contributed by atoms with Crippen molar-refractivity contribution in [2.75, 3.05) is 43.2 Å². The molecule has 1 N–H and O–H groups in total. The summed E-state index contributed by atoms with van der Waals surface area (Å²) in [5.74, 6) is -0.874. The van der Waals surface area contributed by atoms with Crippen molar-refractivity contribution in [2.24, 2.45) is 0 Å². The van der Waals surface area contributed by atoms with Crippen LogP contribution in [0.4, 0.5) is 17.1 Å². The second-order valence-corrected chi connectivity index (χ2v) is 8.49. The number of para-hydroxylation sites is 1. The fourth-order valence-electron chi connectivity index (χ4n) is 4.32. The zero-order valence-electron chi connectivity index (χ0n) is 18.9. The molecule has 1 fully saturated rings. The van der Waals surface area contributed by atoms with Gasteiger partial charge in [0.1, 0.15) is 5.41 Å². The van der Waals surface area contributed by atoms with Gasteiger partial charge in [-0.25, -0.2) is 0 Å². The van der Waals surface area contributed by atoms with Crippen molar-refractivity contribution in [1.82, 2.24) is 0 Å². The zero-order chi connectivity index (χ0) is 22.7. The van der Waals surface area contributed by atoms with Gasteiger partial charge in [0.25, 0.3) is 0 Å². The SMILES string of the molecule is Cc1ccc(N(C)c2ccccc2C(C)(C(=O)O)c2ccc(N3CCOCC3)cc2)cc1. The lowest BCUT2D eigenvalue weighted by atomic mass is 9.75. The van der Waals surface area contributed by atoms with Crippen LogP contribution in [0.15, 0.2) is 72.8 Å². The highest BCUT2D eigenvalue weighted by atomic mass is 16.5. The molecular weight excluding hydrogens is 400 g/mol. The first kappa shape index (κ1) is 21.9. The highest BCUT2D eigenvalue weighted by Crippen LogP contribution is 2.40. The topological polar surface area (TPSA) is 53.0 Å². The van der Waals surface area contributed by atoms with Gasteiger partial charge >= 0.3 is 5.97 Å². The van der Waals surface area contributed by atoms with E-state index in [-0.39, 0.29) is 0 Å². The van der Waals surface area contributed by atoms with Crippen LogP contribution in [-0.4, -0.2) is 44.4 Å². The lowest BCUT2D eigenvalue weighted by Gasteiger charge is -2.33. The van der Waals surface area contributed by atoms with Gasteiger partial charge in [-0.1, -0.05) is 48.0 Å². The number of rotatable bonds is 6. The first-order valence-electron chi connectivity index (χ1n) is 11.0. The van der Waals surface area contributed by atoms with Crippen LogP contribution in [0.25, 0.3) is 0 Å². The Kier molecular flexibility index (Phi) is 6.19. The largest absolute Gasteiger partial charge is 0.480 e. The molecule has 1 aliphatic rings. The van der Waals surface area contributed by atoms with E-state index in [1.165, 1.54) is 5.56 Å². The fraction of sp³-hybridized carbons (Fsp3) is 0.296. The summed E-state index contributed by atoms with van der Waals surface area (Å²) in [7, 11) is 1.98. The van der Waals surface area contributed by atoms with Gasteiger partial charge in [0.15, 0.2) is 0 Å². The third-order valence-corrected chi connectivity index (χ3v) is 6.47. The van der Waals surface area contributed by atoms with Crippen LogP contribution in [0.2, 0.25) is 0 Å². The average Bonchev–Trinajstić information content (AvgIpc) is 2.84. The van der Waals surface area contributed by atoms with E-state index in [4.69, 9.17) is 4.74 Å². The van der Waals surface area contributed by atoms with Crippen LogP contribution in [0, 0.1) is 6.92 Å². The van der Waals surface area contributed by atoms with Gasteiger partial charge in [0.05, 0.1) is 13.2 Å². The van der Waals surface area contributed by atoms with Gasteiger partial charge in [0, 0.05) is 37.2 Å². The minimum atomic E-state index is -1.20. The van der Waals surface area contributed by atoms with E-state index in [1.54, 1.807) is 6.92 Å². The maximum absolute atomic E-state index is 12.7. The Labute approximate surface area is 189 Å². The van der Waals surface area contributed by atoms with Crippen molar-refractivity contribution in [3.63, 3.8) is 0 Å². The monoisotopic (exact) mass is 430 g/mol. The highest BCUT2D eigenvalue weighted by molar-refractivity contribution is 5.89. The number of aryl methyl sites for hydroxylation is 1. The summed E-state index contributed by atoms with van der Waals surface area (Å²) in [5.41, 5.74) is 4.48. The van der Waals surface area contributed by atoms with Crippen molar-refractivity contribution < 1.29 is 14.6 Å². The predicted molar refractivity (Wildman–Crippen MR) is 129 cm³/mol. The maximum atomic E-state index is 12.7. The predicted octanol–water partition coefficient (Wildman–Crippen LogP) is 4.99. The van der Waals surface area contributed by atoms with E-state index in [0.29, 0.717) is 13.2 Å². The summed E-state index contributed by atoms with van der Waals surface area (Å²) < 4.78 is 5.44. The average molecular weight is 431 g/mol. The molecule has 0 spiro atoms. The Morgan fingerprint density at radius 1 is 0.969 bits per heavy atom. The summed E-state index contributed by atoms with van der Waals surface area (Å²) in [6, 6.07) is 23.9. The Morgan fingerprint density at radius 3 is 2.22 bits per heavy atom. The minimum Gasteiger partial charge on any atom is -0.480 e. The highest BCUT2D eigenvalue weighted by Gasteiger charge is 2.39.